The Labute approximate surface area is 103 Å². The number of aromatic amines is 1. The van der Waals surface area contributed by atoms with Crippen molar-refractivity contribution in [3.05, 3.63) is 22.9 Å². The maximum Gasteiger partial charge on any atom is 0.348 e. The number of fused-ring (bicyclic) bond motifs is 1. The van der Waals surface area contributed by atoms with Crippen molar-refractivity contribution in [1.29, 1.82) is 0 Å². The third-order valence-electron chi connectivity index (χ3n) is 3.11. The van der Waals surface area contributed by atoms with Crippen LogP contribution < -0.4 is 11.0 Å². The van der Waals surface area contributed by atoms with Crippen LogP contribution in [0.4, 0.5) is 5.82 Å². The van der Waals surface area contributed by atoms with Gasteiger partial charge in [0.25, 0.3) is 0 Å². The van der Waals surface area contributed by atoms with Gasteiger partial charge in [-0.05, 0) is 19.3 Å². The number of nitrogens with one attached hydrogen (secondary N) is 2. The Hall–Kier alpha value is -1.89. The maximum atomic E-state index is 11.2. The second-order valence-corrected chi connectivity index (χ2v) is 4.38. The number of anilines is 1. The molecule has 1 saturated heterocycles. The molecule has 0 bridgehead atoms. The molecular formula is C11H15N5O2. The number of rotatable bonds is 4. The SMILES string of the molecule is O=c1[nH]nc2cc(NCCC3CCCO3)ncn12. The van der Waals surface area contributed by atoms with E-state index in [1.807, 2.05) is 0 Å². The average Bonchev–Trinajstić information content (AvgIpc) is 3.00. The van der Waals surface area contributed by atoms with Gasteiger partial charge in [0.15, 0.2) is 5.65 Å². The van der Waals surface area contributed by atoms with Crippen LogP contribution in [-0.2, 0) is 4.74 Å². The predicted molar refractivity (Wildman–Crippen MR) is 65.7 cm³/mol. The van der Waals surface area contributed by atoms with Crippen molar-refractivity contribution in [3.8, 4) is 0 Å². The smallest absolute Gasteiger partial charge is 0.348 e. The van der Waals surface area contributed by atoms with Crippen LogP contribution in [0, 0.1) is 0 Å². The van der Waals surface area contributed by atoms with Crippen molar-refractivity contribution < 1.29 is 4.74 Å². The Morgan fingerprint density at radius 2 is 2.56 bits per heavy atom. The van der Waals surface area contributed by atoms with Crippen molar-refractivity contribution in [3.63, 3.8) is 0 Å². The Balaban J connectivity index is 1.62. The second kappa shape index (κ2) is 4.77. The third kappa shape index (κ3) is 2.21. The van der Waals surface area contributed by atoms with Gasteiger partial charge in [-0.2, -0.15) is 5.10 Å². The monoisotopic (exact) mass is 249 g/mol. The highest BCUT2D eigenvalue weighted by Gasteiger charge is 2.14. The van der Waals surface area contributed by atoms with Crippen molar-refractivity contribution in [2.45, 2.75) is 25.4 Å². The molecule has 0 aromatic carbocycles. The predicted octanol–water partition coefficient (Wildman–Crippen LogP) is 0.399. The summed E-state index contributed by atoms with van der Waals surface area (Å²) in [6.07, 6.45) is 5.11. The molecule has 2 aromatic rings. The molecule has 3 rings (SSSR count). The minimum Gasteiger partial charge on any atom is -0.378 e. The van der Waals surface area contributed by atoms with Crippen molar-refractivity contribution in [2.75, 3.05) is 18.5 Å². The van der Waals surface area contributed by atoms with E-state index in [9.17, 15) is 4.79 Å². The van der Waals surface area contributed by atoms with Gasteiger partial charge in [0.1, 0.15) is 12.1 Å². The van der Waals surface area contributed by atoms with Crippen LogP contribution in [0.15, 0.2) is 17.2 Å². The Morgan fingerprint density at radius 1 is 1.61 bits per heavy atom. The first-order valence-corrected chi connectivity index (χ1v) is 6.11. The minimum absolute atomic E-state index is 0.275. The molecule has 1 aliphatic rings. The molecule has 7 heteroatoms. The van der Waals surface area contributed by atoms with E-state index < -0.39 is 0 Å². The van der Waals surface area contributed by atoms with E-state index >= 15 is 0 Å². The summed E-state index contributed by atoms with van der Waals surface area (Å²) in [5, 5.41) is 9.47. The van der Waals surface area contributed by atoms with Crippen molar-refractivity contribution in [1.82, 2.24) is 19.6 Å². The summed E-state index contributed by atoms with van der Waals surface area (Å²) in [6, 6.07) is 1.74. The standard InChI is InChI=1S/C11H15N5O2/c17-11-15-14-10-6-9(13-7-16(10)11)12-4-3-8-2-1-5-18-8/h6-8,12H,1-5H2,(H,15,17). The van der Waals surface area contributed by atoms with E-state index in [0.717, 1.165) is 38.2 Å². The fraction of sp³-hybridized carbons (Fsp3) is 0.545. The Bertz CT molecular complexity index is 584. The lowest BCUT2D eigenvalue weighted by Gasteiger charge is -2.10. The summed E-state index contributed by atoms with van der Waals surface area (Å²) in [5.74, 6) is 0.722. The molecule has 0 spiro atoms. The molecule has 2 aromatic heterocycles. The van der Waals surface area contributed by atoms with Gasteiger partial charge in [0, 0.05) is 19.2 Å². The summed E-state index contributed by atoms with van der Waals surface area (Å²) >= 11 is 0. The maximum absolute atomic E-state index is 11.2. The van der Waals surface area contributed by atoms with Crippen molar-refractivity contribution >= 4 is 11.5 Å². The highest BCUT2D eigenvalue weighted by atomic mass is 16.5. The number of hydrogen-bond acceptors (Lipinski definition) is 5. The van der Waals surface area contributed by atoms with Gasteiger partial charge in [0.2, 0.25) is 0 Å². The van der Waals surface area contributed by atoms with Crippen LogP contribution in [0.1, 0.15) is 19.3 Å². The van der Waals surface area contributed by atoms with Gasteiger partial charge in [-0.25, -0.2) is 19.3 Å². The molecule has 1 fully saturated rings. The highest BCUT2D eigenvalue weighted by Crippen LogP contribution is 2.15. The fourth-order valence-electron chi connectivity index (χ4n) is 2.14. The lowest BCUT2D eigenvalue weighted by Crippen LogP contribution is -2.14. The number of aromatic nitrogens is 4. The lowest BCUT2D eigenvalue weighted by molar-refractivity contribution is 0.107. The summed E-state index contributed by atoms with van der Waals surface area (Å²) in [6.45, 7) is 1.69. The Morgan fingerprint density at radius 3 is 3.39 bits per heavy atom. The molecule has 96 valence electrons. The highest BCUT2D eigenvalue weighted by molar-refractivity contribution is 5.48. The molecule has 1 aliphatic heterocycles. The molecule has 0 amide bonds. The first kappa shape index (κ1) is 11.2. The second-order valence-electron chi connectivity index (χ2n) is 4.38. The molecular weight excluding hydrogens is 234 g/mol. The summed E-state index contributed by atoms with van der Waals surface area (Å²) in [5.41, 5.74) is 0.290. The zero-order valence-electron chi connectivity index (χ0n) is 9.93. The number of hydrogen-bond donors (Lipinski definition) is 2. The first-order valence-electron chi connectivity index (χ1n) is 6.11. The molecule has 0 radical (unpaired) electrons. The van der Waals surface area contributed by atoms with Crippen LogP contribution in [0.2, 0.25) is 0 Å². The average molecular weight is 249 g/mol. The van der Waals surface area contributed by atoms with E-state index in [4.69, 9.17) is 4.74 Å². The van der Waals surface area contributed by atoms with Gasteiger partial charge in [-0.1, -0.05) is 0 Å². The quantitative estimate of drug-likeness (QED) is 0.819. The van der Waals surface area contributed by atoms with E-state index in [-0.39, 0.29) is 5.69 Å². The van der Waals surface area contributed by atoms with E-state index in [1.54, 1.807) is 6.07 Å². The van der Waals surface area contributed by atoms with Crippen LogP contribution >= 0.6 is 0 Å². The topological polar surface area (TPSA) is 84.3 Å². The number of H-pyrrole nitrogens is 1. The molecule has 18 heavy (non-hydrogen) atoms. The third-order valence-corrected chi connectivity index (χ3v) is 3.11. The molecule has 1 unspecified atom stereocenters. The van der Waals surface area contributed by atoms with E-state index in [1.165, 1.54) is 10.7 Å². The molecule has 2 N–H and O–H groups in total. The Kier molecular flexibility index (Phi) is 2.97. The lowest BCUT2D eigenvalue weighted by atomic mass is 10.2. The molecule has 0 saturated carbocycles. The molecule has 1 atom stereocenters. The van der Waals surface area contributed by atoms with Gasteiger partial charge >= 0.3 is 5.69 Å². The normalized spacial score (nSPS) is 19.4. The summed E-state index contributed by atoms with van der Waals surface area (Å²) in [7, 11) is 0. The van der Waals surface area contributed by atoms with Gasteiger partial charge in [-0.3, -0.25) is 0 Å². The van der Waals surface area contributed by atoms with Crippen LogP contribution in [0.3, 0.4) is 0 Å². The van der Waals surface area contributed by atoms with Crippen LogP contribution in [0.5, 0.6) is 0 Å². The van der Waals surface area contributed by atoms with Crippen LogP contribution in [0.25, 0.3) is 5.65 Å². The minimum atomic E-state index is -0.275. The molecule has 3 heterocycles. The first-order chi connectivity index (χ1) is 8.83. The van der Waals surface area contributed by atoms with Crippen molar-refractivity contribution in [2.24, 2.45) is 0 Å². The van der Waals surface area contributed by atoms with Crippen LogP contribution in [-0.4, -0.2) is 38.8 Å². The van der Waals surface area contributed by atoms with Gasteiger partial charge in [0.05, 0.1) is 6.10 Å². The fourth-order valence-corrected chi connectivity index (χ4v) is 2.14. The summed E-state index contributed by atoms with van der Waals surface area (Å²) < 4.78 is 6.91. The number of ether oxygens (including phenoxy) is 1. The molecule has 0 aliphatic carbocycles. The zero-order chi connectivity index (χ0) is 12.4. The largest absolute Gasteiger partial charge is 0.378 e. The van der Waals surface area contributed by atoms with Gasteiger partial charge in [-0.15, -0.1) is 0 Å². The van der Waals surface area contributed by atoms with Gasteiger partial charge < -0.3 is 10.1 Å². The van der Waals surface area contributed by atoms with E-state index in [2.05, 4.69) is 20.5 Å². The molecule has 7 nitrogen and oxygen atoms in total. The number of nitrogens with zero attached hydrogens (tertiary/aromatic N) is 3. The van der Waals surface area contributed by atoms with E-state index in [0.29, 0.717) is 11.8 Å². The zero-order valence-corrected chi connectivity index (χ0v) is 9.93. The summed E-state index contributed by atoms with van der Waals surface area (Å²) in [4.78, 5) is 15.4.